The Morgan fingerprint density at radius 3 is 2.35 bits per heavy atom. The zero-order valence-corrected chi connectivity index (χ0v) is 14.9. The first kappa shape index (κ1) is 17.8. The van der Waals surface area contributed by atoms with E-state index >= 15 is 0 Å². The van der Waals surface area contributed by atoms with Gasteiger partial charge < -0.3 is 4.74 Å². The molecule has 2 aromatic carbocycles. The summed E-state index contributed by atoms with van der Waals surface area (Å²) in [5.74, 6) is 0.768. The molecule has 2 aromatic rings. The van der Waals surface area contributed by atoms with E-state index in [1.54, 1.807) is 19.2 Å². The van der Waals surface area contributed by atoms with E-state index in [4.69, 9.17) is 16.3 Å². The van der Waals surface area contributed by atoms with Crippen LogP contribution in [0.3, 0.4) is 0 Å². The summed E-state index contributed by atoms with van der Waals surface area (Å²) in [7, 11) is -1.99. The molecule has 4 nitrogen and oxygen atoms in total. The van der Waals surface area contributed by atoms with Gasteiger partial charge in [0.1, 0.15) is 5.75 Å². The lowest BCUT2D eigenvalue weighted by Gasteiger charge is -2.25. The van der Waals surface area contributed by atoms with Crippen molar-refractivity contribution in [3.8, 4) is 5.75 Å². The highest BCUT2D eigenvalue weighted by Gasteiger charge is 2.24. The minimum atomic E-state index is -3.60. The number of rotatable bonds is 6. The smallest absolute Gasteiger partial charge is 0.240 e. The van der Waals surface area contributed by atoms with Gasteiger partial charge in [-0.2, -0.15) is 0 Å². The van der Waals surface area contributed by atoms with Gasteiger partial charge >= 0.3 is 0 Å². The van der Waals surface area contributed by atoms with Crippen molar-refractivity contribution in [2.45, 2.75) is 24.2 Å². The van der Waals surface area contributed by atoms with E-state index in [1.165, 1.54) is 12.1 Å². The van der Waals surface area contributed by atoms with Crippen LogP contribution >= 0.6 is 11.6 Å². The Hall–Kier alpha value is -1.56. The minimum Gasteiger partial charge on any atom is -0.497 e. The summed E-state index contributed by atoms with van der Waals surface area (Å²) in [4.78, 5) is 0.163. The second-order valence-electron chi connectivity index (χ2n) is 5.89. The fourth-order valence-corrected chi connectivity index (χ4v) is 3.65. The van der Waals surface area contributed by atoms with Gasteiger partial charge in [-0.1, -0.05) is 43.6 Å². The van der Waals surface area contributed by atoms with Crippen LogP contribution in [0.15, 0.2) is 53.4 Å². The molecule has 0 aromatic heterocycles. The molecule has 0 aliphatic heterocycles. The van der Waals surface area contributed by atoms with Gasteiger partial charge in [0.15, 0.2) is 0 Å². The monoisotopic (exact) mass is 353 g/mol. The predicted molar refractivity (Wildman–Crippen MR) is 92.7 cm³/mol. The lowest BCUT2D eigenvalue weighted by Crippen LogP contribution is -2.36. The van der Waals surface area contributed by atoms with Crippen LogP contribution in [0.5, 0.6) is 5.75 Å². The molecule has 124 valence electrons. The third kappa shape index (κ3) is 4.47. The van der Waals surface area contributed by atoms with Crippen molar-refractivity contribution in [2.75, 3.05) is 13.7 Å². The number of ether oxygens (including phenoxy) is 1. The summed E-state index contributed by atoms with van der Waals surface area (Å²) >= 11 is 5.86. The van der Waals surface area contributed by atoms with Gasteiger partial charge in [0.05, 0.1) is 12.0 Å². The Bertz CT molecular complexity index is 771. The highest BCUT2D eigenvalue weighted by Crippen LogP contribution is 2.25. The van der Waals surface area contributed by atoms with Crippen LogP contribution in [0.2, 0.25) is 5.02 Å². The molecule has 0 aliphatic carbocycles. The van der Waals surface area contributed by atoms with Crippen molar-refractivity contribution in [1.29, 1.82) is 0 Å². The molecule has 0 aliphatic rings. The molecule has 23 heavy (non-hydrogen) atoms. The summed E-state index contributed by atoms with van der Waals surface area (Å²) in [6.07, 6.45) is 0. The summed E-state index contributed by atoms with van der Waals surface area (Å²) in [6, 6.07) is 13.8. The van der Waals surface area contributed by atoms with Gasteiger partial charge in [-0.15, -0.1) is 0 Å². The van der Waals surface area contributed by atoms with Crippen molar-refractivity contribution in [3.05, 3.63) is 59.1 Å². The molecule has 2 rings (SSSR count). The molecule has 0 radical (unpaired) electrons. The summed E-state index contributed by atoms with van der Waals surface area (Å²) in [6.45, 7) is 4.23. The minimum absolute atomic E-state index is 0.163. The van der Waals surface area contributed by atoms with Gasteiger partial charge in [0.25, 0.3) is 0 Å². The fraction of sp³-hybridized carbons (Fsp3) is 0.294. The molecular weight excluding hydrogens is 334 g/mol. The van der Waals surface area contributed by atoms with Crippen molar-refractivity contribution in [1.82, 2.24) is 4.72 Å². The SMILES string of the molecule is COc1ccc(C(C)(C)CNS(=O)(=O)c2cccc(Cl)c2)cc1. The number of sulfonamides is 1. The quantitative estimate of drug-likeness (QED) is 0.863. The third-order valence-corrected chi connectivity index (χ3v) is 5.32. The molecule has 0 unspecified atom stereocenters. The Kier molecular flexibility index (Phi) is 5.34. The molecule has 0 saturated carbocycles. The predicted octanol–water partition coefficient (Wildman–Crippen LogP) is 3.60. The maximum absolute atomic E-state index is 12.4. The maximum atomic E-state index is 12.4. The van der Waals surface area contributed by atoms with Crippen LogP contribution < -0.4 is 9.46 Å². The lowest BCUT2D eigenvalue weighted by molar-refractivity contribution is 0.414. The van der Waals surface area contributed by atoms with Crippen LogP contribution in [-0.2, 0) is 15.4 Å². The van der Waals surface area contributed by atoms with Crippen LogP contribution in [0, 0.1) is 0 Å². The second kappa shape index (κ2) is 6.91. The molecule has 0 bridgehead atoms. The summed E-state index contributed by atoms with van der Waals surface area (Å²) < 4.78 is 32.5. The van der Waals surface area contributed by atoms with Gasteiger partial charge in [0.2, 0.25) is 10.0 Å². The topological polar surface area (TPSA) is 55.4 Å². The van der Waals surface area contributed by atoms with E-state index in [2.05, 4.69) is 4.72 Å². The Labute approximate surface area is 142 Å². The van der Waals surface area contributed by atoms with Gasteiger partial charge in [-0.25, -0.2) is 13.1 Å². The normalized spacial score (nSPS) is 12.2. The first-order valence-corrected chi connectivity index (χ1v) is 9.00. The molecule has 6 heteroatoms. The Morgan fingerprint density at radius 1 is 1.13 bits per heavy atom. The zero-order chi connectivity index (χ0) is 17.1. The maximum Gasteiger partial charge on any atom is 0.240 e. The van der Waals surface area contributed by atoms with Gasteiger partial charge in [-0.3, -0.25) is 0 Å². The molecule has 0 fully saturated rings. The van der Waals surface area contributed by atoms with E-state index in [0.717, 1.165) is 11.3 Å². The van der Waals surface area contributed by atoms with Crippen molar-refractivity contribution in [3.63, 3.8) is 0 Å². The van der Waals surface area contributed by atoms with Crippen LogP contribution in [0.1, 0.15) is 19.4 Å². The van der Waals surface area contributed by atoms with Crippen molar-refractivity contribution in [2.24, 2.45) is 0 Å². The average molecular weight is 354 g/mol. The molecule has 0 spiro atoms. The van der Waals surface area contributed by atoms with Gasteiger partial charge in [-0.05, 0) is 35.9 Å². The zero-order valence-electron chi connectivity index (χ0n) is 13.3. The highest BCUT2D eigenvalue weighted by molar-refractivity contribution is 7.89. The first-order valence-electron chi connectivity index (χ1n) is 7.14. The molecule has 0 saturated heterocycles. The van der Waals surface area contributed by atoms with Crippen LogP contribution in [0.25, 0.3) is 0 Å². The van der Waals surface area contributed by atoms with E-state index in [0.29, 0.717) is 5.02 Å². The number of methoxy groups -OCH3 is 1. The molecule has 0 heterocycles. The van der Waals surface area contributed by atoms with Gasteiger partial charge in [0, 0.05) is 17.0 Å². The Balaban J connectivity index is 2.14. The standard InChI is InChI=1S/C17H20ClNO3S/c1-17(2,13-7-9-15(22-3)10-8-13)12-19-23(20,21)16-6-4-5-14(18)11-16/h4-11,19H,12H2,1-3H3. The van der Waals surface area contributed by atoms with Crippen molar-refractivity contribution < 1.29 is 13.2 Å². The second-order valence-corrected chi connectivity index (χ2v) is 8.10. The molecule has 0 amide bonds. The Morgan fingerprint density at radius 2 is 1.78 bits per heavy atom. The third-order valence-electron chi connectivity index (χ3n) is 3.68. The molecular formula is C17H20ClNO3S. The van der Waals surface area contributed by atoms with Crippen LogP contribution in [-0.4, -0.2) is 22.1 Å². The molecule has 1 N–H and O–H groups in total. The molecule has 0 atom stereocenters. The number of nitrogens with one attached hydrogen (secondary N) is 1. The van der Waals surface area contributed by atoms with E-state index in [-0.39, 0.29) is 16.9 Å². The number of halogens is 1. The number of hydrogen-bond donors (Lipinski definition) is 1. The lowest BCUT2D eigenvalue weighted by atomic mass is 9.85. The first-order chi connectivity index (χ1) is 10.7. The van der Waals surface area contributed by atoms with Crippen molar-refractivity contribution >= 4 is 21.6 Å². The van der Waals surface area contributed by atoms with E-state index < -0.39 is 10.0 Å². The fourth-order valence-electron chi connectivity index (χ4n) is 2.14. The van der Waals surface area contributed by atoms with E-state index in [1.807, 2.05) is 38.1 Å². The number of hydrogen-bond acceptors (Lipinski definition) is 3. The van der Waals surface area contributed by atoms with E-state index in [9.17, 15) is 8.42 Å². The average Bonchev–Trinajstić information content (AvgIpc) is 2.53. The number of benzene rings is 2. The summed E-state index contributed by atoms with van der Waals surface area (Å²) in [5, 5.41) is 0.391. The van der Waals surface area contributed by atoms with Crippen LogP contribution in [0.4, 0.5) is 0 Å². The highest BCUT2D eigenvalue weighted by atomic mass is 35.5. The summed E-state index contributed by atoms with van der Waals surface area (Å²) in [5.41, 5.74) is 0.657. The largest absolute Gasteiger partial charge is 0.497 e.